The Kier molecular flexibility index (Phi) is 5.37. The van der Waals surface area contributed by atoms with E-state index in [9.17, 15) is 0 Å². The van der Waals surface area contributed by atoms with Crippen molar-refractivity contribution in [3.8, 4) is 0 Å². The molecule has 0 spiro atoms. The Morgan fingerprint density at radius 3 is 0.625 bits per heavy atom. The fraction of sp³-hybridized carbons (Fsp3) is 1.00. The summed E-state index contributed by atoms with van der Waals surface area (Å²) < 4.78 is 9.89. The van der Waals surface area contributed by atoms with E-state index in [1.807, 2.05) is 0 Å². The highest BCUT2D eigenvalue weighted by Crippen LogP contribution is 2.26. The van der Waals surface area contributed by atoms with Gasteiger partial charge in [0, 0.05) is 0 Å². The predicted molar refractivity (Wildman–Crippen MR) is 78.0 cm³/mol. The minimum Gasteiger partial charge on any atom is -0.317 e. The maximum atomic E-state index is 2.47. The minimum atomic E-state index is -1.63. The smallest absolute Gasteiger partial charge is 0.225 e. The van der Waals surface area contributed by atoms with Gasteiger partial charge in [0.05, 0.1) is 0 Å². The molecule has 0 atom stereocenters. The van der Waals surface area contributed by atoms with Gasteiger partial charge in [0.15, 0.2) is 0 Å². The molecule has 0 aromatic carbocycles. The second kappa shape index (κ2) is 5.28. The van der Waals surface area contributed by atoms with Crippen molar-refractivity contribution in [2.75, 3.05) is 56.4 Å². The molecule has 0 fully saturated rings. The second-order valence-corrected chi connectivity index (χ2v) is 19.0. The van der Waals surface area contributed by atoms with Crippen LogP contribution in [0.3, 0.4) is 0 Å². The van der Waals surface area contributed by atoms with Crippen molar-refractivity contribution in [2.45, 2.75) is 13.1 Å². The van der Waals surface area contributed by atoms with Crippen LogP contribution in [0.5, 0.6) is 0 Å². The summed E-state index contributed by atoms with van der Waals surface area (Å²) >= 11 is 0. The van der Waals surface area contributed by atoms with Crippen LogP contribution in [0.25, 0.3) is 0 Å². The predicted octanol–water partition coefficient (Wildman–Crippen LogP) is 0.455. The normalized spacial score (nSPS) is 14.6. The van der Waals surface area contributed by atoms with Crippen molar-refractivity contribution in [1.82, 2.24) is 18.3 Å². The Balaban J connectivity index is 5.64. The zero-order valence-electron chi connectivity index (χ0n) is 12.8. The third-order valence-electron chi connectivity index (χ3n) is 4.38. The molecule has 6 heteroatoms. The Hall–Kier alpha value is 0.274. The molecule has 0 aromatic heterocycles. The van der Waals surface area contributed by atoms with Crippen LogP contribution in [0.2, 0.25) is 13.1 Å². The molecule has 98 valence electrons. The summed E-state index contributed by atoms with van der Waals surface area (Å²) in [6.07, 6.45) is 0. The highest BCUT2D eigenvalue weighted by molar-refractivity contribution is 7.36. The number of hydrogen-bond donors (Lipinski definition) is 0. The van der Waals surface area contributed by atoms with Gasteiger partial charge in [0.2, 0.25) is 15.8 Å². The van der Waals surface area contributed by atoms with Gasteiger partial charge in [-0.05, 0) is 69.5 Å². The van der Waals surface area contributed by atoms with Gasteiger partial charge in [0.1, 0.15) is 0 Å². The average molecular weight is 263 g/mol. The topological polar surface area (TPSA) is 13.0 Å². The first kappa shape index (κ1) is 16.3. The second-order valence-electron chi connectivity index (χ2n) is 5.62. The van der Waals surface area contributed by atoms with Gasteiger partial charge in [-0.2, -0.15) is 0 Å². The van der Waals surface area contributed by atoms with E-state index in [-0.39, 0.29) is 0 Å². The van der Waals surface area contributed by atoms with Crippen LogP contribution in [-0.2, 0) is 0 Å². The minimum absolute atomic E-state index is 1.63. The molecule has 0 radical (unpaired) electrons. The highest BCUT2D eigenvalue weighted by atomic mass is 29.3. The lowest BCUT2D eigenvalue weighted by Crippen LogP contribution is -2.84. The van der Waals surface area contributed by atoms with E-state index in [1.54, 1.807) is 0 Å². The number of rotatable bonds is 5. The average Bonchev–Trinajstić information content (AvgIpc) is 2.13. The van der Waals surface area contributed by atoms with E-state index in [4.69, 9.17) is 0 Å². The van der Waals surface area contributed by atoms with Crippen LogP contribution >= 0.6 is 0 Å². The summed E-state index contributed by atoms with van der Waals surface area (Å²) in [6, 6.07) is 0. The number of hydrogen-bond acceptors (Lipinski definition) is 4. The Labute approximate surface area is 104 Å². The van der Waals surface area contributed by atoms with Crippen LogP contribution in [0.4, 0.5) is 0 Å². The molecular weight excluding hydrogens is 232 g/mol. The maximum absolute atomic E-state index is 2.47. The molecule has 0 rings (SSSR count). The summed E-state index contributed by atoms with van der Waals surface area (Å²) in [5.41, 5.74) is 0. The van der Waals surface area contributed by atoms with Crippen molar-refractivity contribution < 1.29 is 0 Å². The molecular formula is C10H30N4Si2. The lowest BCUT2D eigenvalue weighted by atomic mass is 11.2. The van der Waals surface area contributed by atoms with Gasteiger partial charge in [0.25, 0.3) is 0 Å². The zero-order chi connectivity index (χ0) is 13.3. The van der Waals surface area contributed by atoms with Gasteiger partial charge >= 0.3 is 0 Å². The number of nitrogens with zero attached hydrogens (tertiary/aromatic N) is 4. The third-order valence-corrected chi connectivity index (χ3v) is 23.9. The lowest BCUT2D eigenvalue weighted by molar-refractivity contribution is 0.452. The van der Waals surface area contributed by atoms with E-state index >= 15 is 0 Å². The van der Waals surface area contributed by atoms with Crippen molar-refractivity contribution in [1.29, 1.82) is 0 Å². The van der Waals surface area contributed by atoms with Crippen LogP contribution in [0.1, 0.15) is 0 Å². The largest absolute Gasteiger partial charge is 0.317 e. The van der Waals surface area contributed by atoms with Crippen LogP contribution in [0.15, 0.2) is 0 Å². The molecule has 0 aromatic rings. The molecule has 0 saturated carbocycles. The van der Waals surface area contributed by atoms with Gasteiger partial charge in [-0.1, -0.05) is 0 Å². The SMILES string of the molecule is CN(C)[Si](C)(N(C)C)[Si](C)(N(C)C)N(C)C. The Morgan fingerprint density at radius 2 is 0.562 bits per heavy atom. The summed E-state index contributed by atoms with van der Waals surface area (Å²) in [5, 5.41) is 0. The van der Waals surface area contributed by atoms with E-state index in [1.165, 1.54) is 0 Å². The fourth-order valence-corrected chi connectivity index (χ4v) is 17.6. The Morgan fingerprint density at radius 1 is 0.438 bits per heavy atom. The molecule has 0 N–H and O–H groups in total. The molecule has 0 unspecified atom stereocenters. The van der Waals surface area contributed by atoms with Crippen molar-refractivity contribution in [3.63, 3.8) is 0 Å². The molecule has 0 bridgehead atoms. The molecule has 0 aliphatic carbocycles. The van der Waals surface area contributed by atoms with Crippen LogP contribution in [0, 0.1) is 0 Å². The molecule has 16 heavy (non-hydrogen) atoms. The van der Waals surface area contributed by atoms with E-state index in [2.05, 4.69) is 87.7 Å². The van der Waals surface area contributed by atoms with Gasteiger partial charge < -0.3 is 18.3 Å². The first-order chi connectivity index (χ1) is 7.02. The summed E-state index contributed by atoms with van der Waals surface area (Å²) in [6.45, 7) is 4.94. The van der Waals surface area contributed by atoms with Crippen LogP contribution < -0.4 is 0 Å². The monoisotopic (exact) mass is 262 g/mol. The Bertz CT molecular complexity index is 189. The molecule has 0 amide bonds. The van der Waals surface area contributed by atoms with Crippen molar-refractivity contribution in [3.05, 3.63) is 0 Å². The highest BCUT2D eigenvalue weighted by Gasteiger charge is 2.57. The standard InChI is InChI=1S/C10H30N4Si2/c1-11(2)15(9,12(3)4)16(10,13(5)6)14(7)8/h1-10H3. The first-order valence-electron chi connectivity index (χ1n) is 5.72. The maximum Gasteiger partial charge on any atom is 0.225 e. The molecule has 0 aliphatic rings. The van der Waals surface area contributed by atoms with Crippen molar-refractivity contribution >= 4 is 15.8 Å². The van der Waals surface area contributed by atoms with E-state index < -0.39 is 15.8 Å². The molecule has 0 saturated heterocycles. The summed E-state index contributed by atoms with van der Waals surface area (Å²) in [5.74, 6) is 0. The van der Waals surface area contributed by atoms with Gasteiger partial charge in [-0.25, -0.2) is 0 Å². The molecule has 0 heterocycles. The van der Waals surface area contributed by atoms with E-state index in [0.29, 0.717) is 0 Å². The summed E-state index contributed by atoms with van der Waals surface area (Å²) in [7, 11) is 14.6. The first-order valence-corrected chi connectivity index (χ1v) is 11.5. The van der Waals surface area contributed by atoms with Crippen LogP contribution in [-0.4, -0.2) is 90.5 Å². The fourth-order valence-electron chi connectivity index (χ4n) is 2.49. The quantitative estimate of drug-likeness (QED) is 0.667. The molecule has 4 nitrogen and oxygen atoms in total. The zero-order valence-corrected chi connectivity index (χ0v) is 14.8. The summed E-state index contributed by atoms with van der Waals surface area (Å²) in [4.78, 5) is 0. The lowest BCUT2D eigenvalue weighted by Gasteiger charge is -2.55. The van der Waals surface area contributed by atoms with Gasteiger partial charge in [-0.3, -0.25) is 0 Å². The molecule has 0 aliphatic heterocycles. The van der Waals surface area contributed by atoms with Gasteiger partial charge in [-0.15, -0.1) is 0 Å². The van der Waals surface area contributed by atoms with Crippen molar-refractivity contribution in [2.24, 2.45) is 0 Å². The van der Waals surface area contributed by atoms with E-state index in [0.717, 1.165) is 0 Å². The third kappa shape index (κ3) is 2.27.